The minimum absolute atomic E-state index is 0.0578. The number of unbranched alkanes of at least 4 members (excludes halogenated alkanes) is 3. The average molecular weight is 511 g/mol. The van der Waals surface area contributed by atoms with Gasteiger partial charge in [-0.05, 0) is 0 Å². The van der Waals surface area contributed by atoms with Crippen molar-refractivity contribution in [2.45, 2.75) is 43.4 Å². The van der Waals surface area contributed by atoms with Gasteiger partial charge in [-0.1, -0.05) is 23.2 Å². The maximum atomic E-state index is 12.1. The van der Waals surface area contributed by atoms with Gasteiger partial charge in [0, 0.05) is 0 Å². The van der Waals surface area contributed by atoms with E-state index in [9.17, 15) is 9.59 Å². The van der Waals surface area contributed by atoms with Crippen molar-refractivity contribution in [1.82, 2.24) is 5.32 Å². The molecule has 27 heavy (non-hydrogen) atoms. The van der Waals surface area contributed by atoms with Gasteiger partial charge >= 0.3 is 139 Å². The molecule has 150 valence electrons. The Bertz CT molecular complexity index is 600. The Balaban J connectivity index is 1.57. The van der Waals surface area contributed by atoms with Crippen LogP contribution in [-0.4, -0.2) is 47.0 Å². The van der Waals surface area contributed by atoms with Crippen molar-refractivity contribution in [2.24, 2.45) is 0 Å². The summed E-state index contributed by atoms with van der Waals surface area (Å²) in [4.78, 5) is 22.2. The molecular formula is C18H25AsCl2N2O2S2. The quantitative estimate of drug-likeness (QED) is 0.283. The second kappa shape index (κ2) is 13.3. The van der Waals surface area contributed by atoms with E-state index in [2.05, 4.69) is 42.8 Å². The van der Waals surface area contributed by atoms with Crippen LogP contribution in [0.15, 0.2) is 24.3 Å². The zero-order valence-corrected chi connectivity index (χ0v) is 20.1. The van der Waals surface area contributed by atoms with Gasteiger partial charge in [-0.2, -0.15) is 0 Å². The molecule has 0 aliphatic carbocycles. The van der Waals surface area contributed by atoms with E-state index in [1.807, 2.05) is 12.1 Å². The van der Waals surface area contributed by atoms with Crippen LogP contribution < -0.4 is 15.0 Å². The number of rotatable bonds is 10. The Hall–Kier alpha value is -0.00156. The van der Waals surface area contributed by atoms with Crippen molar-refractivity contribution >= 4 is 77.4 Å². The summed E-state index contributed by atoms with van der Waals surface area (Å²) >= 11 is 9.92. The maximum absolute atomic E-state index is 12.1. The van der Waals surface area contributed by atoms with Gasteiger partial charge in [0.15, 0.2) is 4.84 Å². The van der Waals surface area contributed by atoms with Crippen molar-refractivity contribution in [1.29, 1.82) is 0 Å². The van der Waals surface area contributed by atoms with Gasteiger partial charge in [-0.3, -0.25) is 4.79 Å². The SMILES string of the molecule is O=C(CCCCCCNC(=O)C(Cl)Cl)Nc1ccc([As]2SCCCS2)cc1. The van der Waals surface area contributed by atoms with Crippen LogP contribution in [-0.2, 0) is 9.59 Å². The van der Waals surface area contributed by atoms with Crippen molar-refractivity contribution in [3.63, 3.8) is 0 Å². The topological polar surface area (TPSA) is 58.2 Å². The second-order valence-electron chi connectivity index (χ2n) is 6.13. The monoisotopic (exact) mass is 510 g/mol. The van der Waals surface area contributed by atoms with Gasteiger partial charge in [0.25, 0.3) is 5.91 Å². The van der Waals surface area contributed by atoms with Crippen LogP contribution in [0.3, 0.4) is 0 Å². The number of carbonyl (C=O) groups excluding carboxylic acids is 2. The molecule has 1 aliphatic heterocycles. The summed E-state index contributed by atoms with van der Waals surface area (Å²) < 4.78 is 1.47. The Labute approximate surface area is 182 Å². The molecule has 0 aromatic heterocycles. The minimum atomic E-state index is -1.01. The van der Waals surface area contributed by atoms with E-state index in [0.717, 1.165) is 31.4 Å². The normalized spacial score (nSPS) is 14.9. The van der Waals surface area contributed by atoms with Gasteiger partial charge < -0.3 is 5.32 Å². The molecule has 0 radical (unpaired) electrons. The third-order valence-electron chi connectivity index (χ3n) is 3.90. The molecule has 0 spiro atoms. The molecule has 1 aromatic carbocycles. The fraction of sp³-hybridized carbons (Fsp3) is 0.556. The van der Waals surface area contributed by atoms with Crippen LogP contribution in [0, 0.1) is 0 Å². The number of hydrogen-bond acceptors (Lipinski definition) is 4. The summed E-state index contributed by atoms with van der Waals surface area (Å²) in [5, 5.41) is 5.64. The van der Waals surface area contributed by atoms with E-state index in [1.165, 1.54) is 22.3 Å². The molecule has 1 aromatic rings. The van der Waals surface area contributed by atoms with E-state index >= 15 is 0 Å². The number of carbonyl (C=O) groups is 2. The standard InChI is InChI=1S/C18H25AsCl2N2O2S2/c20-17(21)18(25)22-11-4-2-1-3-6-16(24)23-15-9-7-14(8-10-15)19-26-12-5-13-27-19/h7-10,17H,1-6,11-13H2,(H,22,25)(H,23,24). The van der Waals surface area contributed by atoms with E-state index in [-0.39, 0.29) is 11.8 Å². The van der Waals surface area contributed by atoms with Gasteiger partial charge in [-0.15, -0.1) is 0 Å². The van der Waals surface area contributed by atoms with Crippen LogP contribution in [0.1, 0.15) is 38.5 Å². The number of alkyl halides is 2. The summed E-state index contributed by atoms with van der Waals surface area (Å²) in [6.45, 7) is 0.564. The summed E-state index contributed by atoms with van der Waals surface area (Å²) in [6, 6.07) is 8.42. The number of benzene rings is 1. The molecule has 1 saturated heterocycles. The zero-order chi connectivity index (χ0) is 19.5. The van der Waals surface area contributed by atoms with Crippen molar-refractivity contribution < 1.29 is 9.59 Å². The first-order chi connectivity index (χ1) is 13.1. The Kier molecular flexibility index (Phi) is 11.4. The molecule has 1 heterocycles. The fourth-order valence-corrected chi connectivity index (χ4v) is 15.7. The number of hydrogen-bond donors (Lipinski definition) is 2. The summed E-state index contributed by atoms with van der Waals surface area (Å²) in [5.74, 6) is 2.28. The molecule has 0 atom stereocenters. The van der Waals surface area contributed by atoms with Crippen LogP contribution >= 0.6 is 43.3 Å². The molecule has 2 N–H and O–H groups in total. The predicted octanol–water partition coefficient (Wildman–Crippen LogP) is 4.06. The summed E-state index contributed by atoms with van der Waals surface area (Å²) in [7, 11) is 4.29. The van der Waals surface area contributed by atoms with Gasteiger partial charge in [0.1, 0.15) is 0 Å². The van der Waals surface area contributed by atoms with E-state index < -0.39 is 17.2 Å². The second-order valence-corrected chi connectivity index (χ2v) is 19.0. The zero-order valence-electron chi connectivity index (χ0n) is 15.1. The molecule has 1 fully saturated rings. The van der Waals surface area contributed by atoms with Crippen LogP contribution in [0.2, 0.25) is 0 Å². The summed E-state index contributed by atoms with van der Waals surface area (Å²) in [6.07, 6.45) is 5.45. The molecule has 2 rings (SSSR count). The third-order valence-corrected chi connectivity index (χ3v) is 17.9. The van der Waals surface area contributed by atoms with Crippen LogP contribution in [0.5, 0.6) is 0 Å². The van der Waals surface area contributed by atoms with Crippen LogP contribution in [0.4, 0.5) is 5.69 Å². The molecule has 0 unspecified atom stereocenters. The molecule has 9 heteroatoms. The van der Waals surface area contributed by atoms with Gasteiger partial charge in [0.05, 0.1) is 0 Å². The van der Waals surface area contributed by atoms with Gasteiger partial charge in [-0.25, -0.2) is 0 Å². The molecular weight excluding hydrogens is 486 g/mol. The first-order valence-corrected chi connectivity index (χ1v) is 17.4. The van der Waals surface area contributed by atoms with Gasteiger partial charge in [0.2, 0.25) is 0 Å². The Morgan fingerprint density at radius 3 is 2.37 bits per heavy atom. The van der Waals surface area contributed by atoms with Crippen molar-refractivity contribution in [3.8, 4) is 0 Å². The van der Waals surface area contributed by atoms with E-state index in [4.69, 9.17) is 23.2 Å². The Morgan fingerprint density at radius 1 is 1.04 bits per heavy atom. The first kappa shape index (κ1) is 23.3. The molecule has 2 amide bonds. The Morgan fingerprint density at radius 2 is 1.70 bits per heavy atom. The molecule has 1 aliphatic rings. The summed E-state index contributed by atoms with van der Waals surface area (Å²) in [5.41, 5.74) is 0.879. The van der Waals surface area contributed by atoms with Crippen molar-refractivity contribution in [3.05, 3.63) is 24.3 Å². The number of halogens is 2. The van der Waals surface area contributed by atoms with E-state index in [0.29, 0.717) is 13.0 Å². The molecule has 4 nitrogen and oxygen atoms in total. The predicted molar refractivity (Wildman–Crippen MR) is 122 cm³/mol. The number of amides is 2. The van der Waals surface area contributed by atoms with Crippen molar-refractivity contribution in [2.75, 3.05) is 23.4 Å². The van der Waals surface area contributed by atoms with E-state index in [1.54, 1.807) is 0 Å². The number of nitrogens with one attached hydrogen (secondary N) is 2. The third kappa shape index (κ3) is 9.36. The average Bonchev–Trinajstić information content (AvgIpc) is 2.68. The molecule has 0 saturated carbocycles. The fourth-order valence-electron chi connectivity index (χ4n) is 2.48. The first-order valence-electron chi connectivity index (χ1n) is 9.08. The number of anilines is 1. The van der Waals surface area contributed by atoms with Crippen LogP contribution in [0.25, 0.3) is 0 Å². The molecule has 0 bridgehead atoms.